The van der Waals surface area contributed by atoms with Gasteiger partial charge in [0.15, 0.2) is 0 Å². The fourth-order valence-corrected chi connectivity index (χ4v) is 1.56. The van der Waals surface area contributed by atoms with E-state index in [0.29, 0.717) is 12.5 Å². The zero-order valence-electron chi connectivity index (χ0n) is 11.6. The van der Waals surface area contributed by atoms with Crippen LogP contribution in [0.1, 0.15) is 32.9 Å². The molecule has 1 aromatic heterocycles. The highest BCUT2D eigenvalue weighted by Gasteiger charge is 2.07. The van der Waals surface area contributed by atoms with Gasteiger partial charge in [0.05, 0.1) is 12.0 Å². The molecular weight excluding hydrogens is 228 g/mol. The molecule has 0 spiro atoms. The Balaban J connectivity index is 2.41. The lowest BCUT2D eigenvalue weighted by atomic mass is 10.2. The Kier molecular flexibility index (Phi) is 6.43. The normalized spacial score (nSPS) is 10.9. The average Bonchev–Trinajstić information content (AvgIpc) is 2.74. The molecular formula is C13H24N4O. The van der Waals surface area contributed by atoms with Crippen molar-refractivity contribution in [3.05, 3.63) is 18.2 Å². The summed E-state index contributed by atoms with van der Waals surface area (Å²) in [5.74, 6) is 0.515. The van der Waals surface area contributed by atoms with Crippen LogP contribution in [0, 0.1) is 5.92 Å². The number of hydrogen-bond donors (Lipinski definition) is 2. The summed E-state index contributed by atoms with van der Waals surface area (Å²) in [4.78, 5) is 15.8. The van der Waals surface area contributed by atoms with Crippen molar-refractivity contribution < 1.29 is 4.79 Å². The van der Waals surface area contributed by atoms with E-state index in [4.69, 9.17) is 0 Å². The van der Waals surface area contributed by atoms with Gasteiger partial charge in [0.25, 0.3) is 0 Å². The van der Waals surface area contributed by atoms with E-state index in [1.807, 2.05) is 4.57 Å². The quantitative estimate of drug-likeness (QED) is 0.682. The van der Waals surface area contributed by atoms with Crippen molar-refractivity contribution in [1.82, 2.24) is 20.2 Å². The zero-order chi connectivity index (χ0) is 13.4. The zero-order valence-corrected chi connectivity index (χ0v) is 11.6. The molecule has 0 unspecified atom stereocenters. The van der Waals surface area contributed by atoms with Crippen LogP contribution in [0.15, 0.2) is 12.5 Å². The largest absolute Gasteiger partial charge is 0.354 e. The second-order valence-corrected chi connectivity index (χ2v) is 4.89. The van der Waals surface area contributed by atoms with Crippen LogP contribution in [0.2, 0.25) is 0 Å². The number of carbonyl (C=O) groups is 1. The Bertz CT molecular complexity index is 360. The average molecular weight is 252 g/mol. The van der Waals surface area contributed by atoms with E-state index < -0.39 is 0 Å². The topological polar surface area (TPSA) is 59.0 Å². The molecule has 0 aliphatic carbocycles. The molecule has 5 nitrogen and oxygen atoms in total. The first kappa shape index (κ1) is 14.7. The Morgan fingerprint density at radius 3 is 2.94 bits per heavy atom. The molecule has 0 radical (unpaired) electrons. The van der Waals surface area contributed by atoms with E-state index in [1.165, 1.54) is 0 Å². The molecule has 0 saturated heterocycles. The fraction of sp³-hybridized carbons (Fsp3) is 0.692. The molecule has 0 fully saturated rings. The Morgan fingerprint density at radius 1 is 1.50 bits per heavy atom. The van der Waals surface area contributed by atoms with Gasteiger partial charge >= 0.3 is 0 Å². The van der Waals surface area contributed by atoms with Gasteiger partial charge in [-0.1, -0.05) is 20.8 Å². The summed E-state index contributed by atoms with van der Waals surface area (Å²) in [6.07, 6.45) is 4.61. The number of carbonyl (C=O) groups excluding carboxylic acids is 1. The molecule has 0 aliphatic rings. The summed E-state index contributed by atoms with van der Waals surface area (Å²) in [7, 11) is 0. The smallest absolute Gasteiger partial charge is 0.239 e. The van der Waals surface area contributed by atoms with E-state index >= 15 is 0 Å². The van der Waals surface area contributed by atoms with Crippen LogP contribution in [0.5, 0.6) is 0 Å². The highest BCUT2D eigenvalue weighted by molar-refractivity contribution is 5.75. The lowest BCUT2D eigenvalue weighted by molar-refractivity contribution is -0.121. The van der Waals surface area contributed by atoms with Gasteiger partial charge in [0, 0.05) is 19.3 Å². The number of nitrogens with one attached hydrogen (secondary N) is 2. The third kappa shape index (κ3) is 5.31. The number of imidazole rings is 1. The van der Waals surface area contributed by atoms with Gasteiger partial charge in [0.1, 0.15) is 6.54 Å². The lowest BCUT2D eigenvalue weighted by Crippen LogP contribution is -2.31. The third-order valence-electron chi connectivity index (χ3n) is 2.55. The minimum Gasteiger partial charge on any atom is -0.354 e. The third-order valence-corrected chi connectivity index (χ3v) is 2.55. The van der Waals surface area contributed by atoms with Gasteiger partial charge in [-0.3, -0.25) is 4.79 Å². The Morgan fingerprint density at radius 2 is 2.28 bits per heavy atom. The number of hydrogen-bond acceptors (Lipinski definition) is 3. The number of amides is 1. The molecule has 18 heavy (non-hydrogen) atoms. The summed E-state index contributed by atoms with van der Waals surface area (Å²) in [5, 5.41) is 6.22. The molecule has 0 aliphatic heterocycles. The Hall–Kier alpha value is -1.36. The fourth-order valence-electron chi connectivity index (χ4n) is 1.56. The van der Waals surface area contributed by atoms with Gasteiger partial charge in [-0.15, -0.1) is 0 Å². The highest BCUT2D eigenvalue weighted by atomic mass is 16.1. The standard InChI is InChI=1S/C13H24N4O/c1-4-5-14-7-12-8-15-10-17(12)9-13(18)16-6-11(2)3/h8,10-11,14H,4-7,9H2,1-3H3,(H,16,18). The van der Waals surface area contributed by atoms with Gasteiger partial charge in [-0.25, -0.2) is 4.98 Å². The molecule has 2 N–H and O–H groups in total. The van der Waals surface area contributed by atoms with E-state index in [-0.39, 0.29) is 5.91 Å². The molecule has 0 aromatic carbocycles. The first-order valence-corrected chi connectivity index (χ1v) is 6.60. The summed E-state index contributed by atoms with van der Waals surface area (Å²) >= 11 is 0. The molecule has 102 valence electrons. The van der Waals surface area contributed by atoms with Gasteiger partial charge in [0.2, 0.25) is 5.91 Å². The van der Waals surface area contributed by atoms with Crippen molar-refractivity contribution in [2.45, 2.75) is 40.3 Å². The minimum absolute atomic E-state index is 0.0402. The predicted octanol–water partition coefficient (Wildman–Crippen LogP) is 1.15. The van der Waals surface area contributed by atoms with Crippen LogP contribution >= 0.6 is 0 Å². The van der Waals surface area contributed by atoms with Gasteiger partial charge in [-0.2, -0.15) is 0 Å². The van der Waals surface area contributed by atoms with Crippen molar-refractivity contribution in [3.63, 3.8) is 0 Å². The van der Waals surface area contributed by atoms with E-state index in [2.05, 4.69) is 36.4 Å². The molecule has 1 amide bonds. The maximum atomic E-state index is 11.7. The van der Waals surface area contributed by atoms with E-state index in [9.17, 15) is 4.79 Å². The number of nitrogens with zero attached hydrogens (tertiary/aromatic N) is 2. The first-order chi connectivity index (χ1) is 8.63. The molecule has 1 aromatic rings. The van der Waals surface area contributed by atoms with Gasteiger partial charge < -0.3 is 15.2 Å². The van der Waals surface area contributed by atoms with Crippen LogP contribution in [-0.2, 0) is 17.9 Å². The lowest BCUT2D eigenvalue weighted by Gasteiger charge is -2.10. The Labute approximate surface area is 109 Å². The van der Waals surface area contributed by atoms with Crippen molar-refractivity contribution in [3.8, 4) is 0 Å². The summed E-state index contributed by atoms with van der Waals surface area (Å²) < 4.78 is 1.89. The highest BCUT2D eigenvalue weighted by Crippen LogP contribution is 1.99. The van der Waals surface area contributed by atoms with Crippen LogP contribution < -0.4 is 10.6 Å². The second kappa shape index (κ2) is 7.87. The van der Waals surface area contributed by atoms with Crippen LogP contribution in [0.25, 0.3) is 0 Å². The van der Waals surface area contributed by atoms with Crippen molar-refractivity contribution >= 4 is 5.91 Å². The summed E-state index contributed by atoms with van der Waals surface area (Å²) in [5.41, 5.74) is 1.04. The molecule has 1 rings (SSSR count). The maximum Gasteiger partial charge on any atom is 0.239 e. The van der Waals surface area contributed by atoms with Crippen LogP contribution in [-0.4, -0.2) is 28.5 Å². The molecule has 0 bridgehead atoms. The van der Waals surface area contributed by atoms with Crippen molar-refractivity contribution in [2.24, 2.45) is 5.92 Å². The minimum atomic E-state index is 0.0402. The molecule has 1 heterocycles. The first-order valence-electron chi connectivity index (χ1n) is 6.60. The summed E-state index contributed by atoms with van der Waals surface area (Å²) in [6.45, 7) is 9.08. The molecule has 5 heteroatoms. The van der Waals surface area contributed by atoms with E-state index in [0.717, 1.165) is 31.7 Å². The molecule has 0 atom stereocenters. The van der Waals surface area contributed by atoms with Crippen molar-refractivity contribution in [1.29, 1.82) is 0 Å². The SMILES string of the molecule is CCCNCc1cncn1CC(=O)NCC(C)C. The van der Waals surface area contributed by atoms with Crippen LogP contribution in [0.3, 0.4) is 0 Å². The molecule has 0 saturated carbocycles. The van der Waals surface area contributed by atoms with Crippen LogP contribution in [0.4, 0.5) is 0 Å². The van der Waals surface area contributed by atoms with E-state index in [1.54, 1.807) is 12.5 Å². The summed E-state index contributed by atoms with van der Waals surface area (Å²) in [6, 6.07) is 0. The number of rotatable bonds is 8. The monoisotopic (exact) mass is 252 g/mol. The number of aromatic nitrogens is 2. The van der Waals surface area contributed by atoms with Crippen molar-refractivity contribution in [2.75, 3.05) is 13.1 Å². The van der Waals surface area contributed by atoms with Gasteiger partial charge in [-0.05, 0) is 18.9 Å². The second-order valence-electron chi connectivity index (χ2n) is 4.89. The predicted molar refractivity (Wildman–Crippen MR) is 72.1 cm³/mol. The maximum absolute atomic E-state index is 11.7.